The summed E-state index contributed by atoms with van der Waals surface area (Å²) in [5.74, 6) is 0.837. The van der Waals surface area contributed by atoms with Crippen LogP contribution < -0.4 is 0 Å². The average molecular weight is 258 g/mol. The summed E-state index contributed by atoms with van der Waals surface area (Å²) in [6, 6.07) is 3.38. The first-order valence-electron chi connectivity index (χ1n) is 5.92. The number of aryl methyl sites for hydroxylation is 1. The highest BCUT2D eigenvalue weighted by Gasteiger charge is 2.25. The summed E-state index contributed by atoms with van der Waals surface area (Å²) in [6.07, 6.45) is -2.32. The van der Waals surface area contributed by atoms with E-state index in [2.05, 4.69) is 0 Å². The van der Waals surface area contributed by atoms with Gasteiger partial charge in [-0.2, -0.15) is 0 Å². The Morgan fingerprint density at radius 3 is 2.50 bits per heavy atom. The van der Waals surface area contributed by atoms with Gasteiger partial charge in [0.1, 0.15) is 5.76 Å². The number of carbonyl (C=O) groups is 1. The van der Waals surface area contributed by atoms with Crippen molar-refractivity contribution in [1.82, 2.24) is 9.80 Å². The minimum absolute atomic E-state index is 0.167. The van der Waals surface area contributed by atoms with Crippen LogP contribution in [0.25, 0.3) is 0 Å². The SMILES string of the molecule is Cc1ccc(C(=O)N2CCN(CC(F)F)CC2)o1. The molecule has 0 unspecified atom stereocenters. The van der Waals surface area contributed by atoms with Gasteiger partial charge in [0, 0.05) is 26.2 Å². The van der Waals surface area contributed by atoms with Crippen molar-refractivity contribution in [2.45, 2.75) is 13.3 Å². The van der Waals surface area contributed by atoms with E-state index in [1.54, 1.807) is 28.9 Å². The third kappa shape index (κ3) is 3.07. The molecule has 0 N–H and O–H groups in total. The highest BCUT2D eigenvalue weighted by molar-refractivity contribution is 5.91. The molecule has 0 aromatic carbocycles. The zero-order valence-electron chi connectivity index (χ0n) is 10.2. The number of piperazine rings is 1. The fourth-order valence-electron chi connectivity index (χ4n) is 2.03. The summed E-state index contributed by atoms with van der Waals surface area (Å²) in [5.41, 5.74) is 0. The molecule has 1 fully saturated rings. The van der Waals surface area contributed by atoms with Gasteiger partial charge in [0.05, 0.1) is 6.54 Å². The number of furan rings is 1. The molecule has 0 atom stereocenters. The van der Waals surface area contributed by atoms with Gasteiger partial charge in [0.25, 0.3) is 12.3 Å². The lowest BCUT2D eigenvalue weighted by molar-refractivity contribution is 0.0439. The first-order valence-corrected chi connectivity index (χ1v) is 5.92. The van der Waals surface area contributed by atoms with Crippen molar-refractivity contribution in [3.05, 3.63) is 23.7 Å². The van der Waals surface area contributed by atoms with E-state index in [4.69, 9.17) is 4.42 Å². The summed E-state index contributed by atoms with van der Waals surface area (Å²) in [5, 5.41) is 0. The Morgan fingerprint density at radius 2 is 2.00 bits per heavy atom. The normalized spacial score (nSPS) is 17.4. The Balaban J connectivity index is 1.88. The molecule has 18 heavy (non-hydrogen) atoms. The number of nitrogens with zero attached hydrogens (tertiary/aromatic N) is 2. The van der Waals surface area contributed by atoms with Crippen LogP contribution in [-0.2, 0) is 0 Å². The van der Waals surface area contributed by atoms with Crippen LogP contribution in [0.3, 0.4) is 0 Å². The maximum Gasteiger partial charge on any atom is 0.289 e. The van der Waals surface area contributed by atoms with E-state index in [-0.39, 0.29) is 12.5 Å². The van der Waals surface area contributed by atoms with Gasteiger partial charge in [-0.1, -0.05) is 0 Å². The van der Waals surface area contributed by atoms with Crippen LogP contribution in [0.5, 0.6) is 0 Å². The predicted molar refractivity (Wildman–Crippen MR) is 61.8 cm³/mol. The van der Waals surface area contributed by atoms with E-state index in [9.17, 15) is 13.6 Å². The van der Waals surface area contributed by atoms with Crippen LogP contribution >= 0.6 is 0 Å². The van der Waals surface area contributed by atoms with E-state index in [0.29, 0.717) is 37.7 Å². The van der Waals surface area contributed by atoms with Gasteiger partial charge in [-0.3, -0.25) is 9.69 Å². The van der Waals surface area contributed by atoms with E-state index < -0.39 is 6.43 Å². The highest BCUT2D eigenvalue weighted by atomic mass is 19.3. The van der Waals surface area contributed by atoms with E-state index in [1.165, 1.54) is 0 Å². The first-order chi connectivity index (χ1) is 8.56. The summed E-state index contributed by atoms with van der Waals surface area (Å²) in [4.78, 5) is 15.3. The molecular weight excluding hydrogens is 242 g/mol. The van der Waals surface area contributed by atoms with Gasteiger partial charge in [0.15, 0.2) is 5.76 Å². The second-order valence-corrected chi connectivity index (χ2v) is 4.39. The summed E-state index contributed by atoms with van der Waals surface area (Å²) in [6.45, 7) is 3.45. The Morgan fingerprint density at radius 1 is 1.33 bits per heavy atom. The van der Waals surface area contributed by atoms with Gasteiger partial charge in [-0.25, -0.2) is 8.78 Å². The molecule has 4 nitrogen and oxygen atoms in total. The third-order valence-corrected chi connectivity index (χ3v) is 3.01. The van der Waals surface area contributed by atoms with Crippen molar-refractivity contribution in [3.63, 3.8) is 0 Å². The van der Waals surface area contributed by atoms with E-state index >= 15 is 0 Å². The highest BCUT2D eigenvalue weighted by Crippen LogP contribution is 2.12. The lowest BCUT2D eigenvalue weighted by Gasteiger charge is -2.33. The Bertz CT molecular complexity index is 412. The monoisotopic (exact) mass is 258 g/mol. The minimum Gasteiger partial charge on any atom is -0.456 e. The number of rotatable bonds is 3. The van der Waals surface area contributed by atoms with Crippen molar-refractivity contribution < 1.29 is 18.0 Å². The third-order valence-electron chi connectivity index (χ3n) is 3.01. The molecule has 0 aliphatic carbocycles. The maximum atomic E-state index is 12.2. The van der Waals surface area contributed by atoms with Gasteiger partial charge < -0.3 is 9.32 Å². The van der Waals surface area contributed by atoms with Crippen LogP contribution in [-0.4, -0.2) is 54.9 Å². The standard InChI is InChI=1S/C12H16F2N2O2/c1-9-2-3-10(18-9)12(17)16-6-4-15(5-7-16)8-11(13)14/h2-3,11H,4-8H2,1H3. The first kappa shape index (κ1) is 13.0. The van der Waals surface area contributed by atoms with Crippen LogP contribution in [0.15, 0.2) is 16.5 Å². The smallest absolute Gasteiger partial charge is 0.289 e. The molecule has 0 spiro atoms. The topological polar surface area (TPSA) is 36.7 Å². The number of hydrogen-bond donors (Lipinski definition) is 0. The molecule has 1 aliphatic rings. The van der Waals surface area contributed by atoms with Crippen molar-refractivity contribution >= 4 is 5.91 Å². The fraction of sp³-hybridized carbons (Fsp3) is 0.583. The van der Waals surface area contributed by atoms with Crippen molar-refractivity contribution in [2.75, 3.05) is 32.7 Å². The van der Waals surface area contributed by atoms with Crippen LogP contribution in [0, 0.1) is 6.92 Å². The molecule has 0 saturated carbocycles. The van der Waals surface area contributed by atoms with Gasteiger partial charge in [-0.05, 0) is 19.1 Å². The summed E-state index contributed by atoms with van der Waals surface area (Å²) in [7, 11) is 0. The second-order valence-electron chi connectivity index (χ2n) is 4.39. The maximum absolute atomic E-state index is 12.2. The molecule has 0 bridgehead atoms. The average Bonchev–Trinajstić information content (AvgIpc) is 2.75. The van der Waals surface area contributed by atoms with Gasteiger partial charge in [0.2, 0.25) is 0 Å². The van der Waals surface area contributed by atoms with Crippen LogP contribution in [0.1, 0.15) is 16.3 Å². The Labute approximate surface area is 104 Å². The number of halogens is 2. The van der Waals surface area contributed by atoms with Crippen molar-refractivity contribution in [2.24, 2.45) is 0 Å². The van der Waals surface area contributed by atoms with E-state index in [1.807, 2.05) is 0 Å². The molecule has 2 heterocycles. The molecule has 1 aromatic rings. The summed E-state index contributed by atoms with van der Waals surface area (Å²) >= 11 is 0. The quantitative estimate of drug-likeness (QED) is 0.826. The van der Waals surface area contributed by atoms with Gasteiger partial charge >= 0.3 is 0 Å². The molecule has 1 amide bonds. The summed E-state index contributed by atoms with van der Waals surface area (Å²) < 4.78 is 29.7. The molecule has 2 rings (SSSR count). The number of carbonyl (C=O) groups excluding carboxylic acids is 1. The molecule has 100 valence electrons. The van der Waals surface area contributed by atoms with Crippen molar-refractivity contribution in [3.8, 4) is 0 Å². The van der Waals surface area contributed by atoms with Crippen LogP contribution in [0.4, 0.5) is 8.78 Å². The molecule has 6 heteroatoms. The fourth-order valence-corrected chi connectivity index (χ4v) is 2.03. The van der Waals surface area contributed by atoms with Gasteiger partial charge in [-0.15, -0.1) is 0 Å². The molecular formula is C12H16F2N2O2. The lowest BCUT2D eigenvalue weighted by Crippen LogP contribution is -2.49. The molecule has 0 radical (unpaired) electrons. The van der Waals surface area contributed by atoms with E-state index in [0.717, 1.165) is 0 Å². The van der Waals surface area contributed by atoms with Crippen molar-refractivity contribution in [1.29, 1.82) is 0 Å². The molecule has 1 aliphatic heterocycles. The molecule has 1 aromatic heterocycles. The number of alkyl halides is 2. The predicted octanol–water partition coefficient (Wildman–Crippen LogP) is 1.61. The Kier molecular flexibility index (Phi) is 3.96. The minimum atomic E-state index is -2.32. The zero-order valence-corrected chi connectivity index (χ0v) is 10.2. The second kappa shape index (κ2) is 5.48. The lowest BCUT2D eigenvalue weighted by atomic mass is 10.3. The number of hydrogen-bond acceptors (Lipinski definition) is 3. The largest absolute Gasteiger partial charge is 0.456 e. The van der Waals surface area contributed by atoms with Crippen LogP contribution in [0.2, 0.25) is 0 Å². The number of amides is 1. The zero-order chi connectivity index (χ0) is 13.1. The molecule has 1 saturated heterocycles. The Hall–Kier alpha value is -1.43.